The van der Waals surface area contributed by atoms with Gasteiger partial charge in [0.25, 0.3) is 0 Å². The Labute approximate surface area is 121 Å². The number of nitrogen functional groups attached to an aromatic ring is 1. The molecule has 0 saturated carbocycles. The molecule has 0 amide bonds. The van der Waals surface area contributed by atoms with Crippen LogP contribution in [0.3, 0.4) is 0 Å². The summed E-state index contributed by atoms with van der Waals surface area (Å²) in [4.78, 5) is 12.1. The van der Waals surface area contributed by atoms with Gasteiger partial charge in [0.1, 0.15) is 9.84 Å². The van der Waals surface area contributed by atoms with Crippen molar-refractivity contribution in [2.75, 3.05) is 30.6 Å². The Morgan fingerprint density at radius 3 is 2.63 bits per heavy atom. The van der Waals surface area contributed by atoms with Gasteiger partial charge in [-0.15, -0.1) is 11.8 Å². The largest absolute Gasteiger partial charge is 0.465 e. The topological polar surface area (TPSA) is 86.5 Å². The number of methoxy groups -OCH3 is 1. The third-order valence-corrected chi connectivity index (χ3v) is 4.92. The van der Waals surface area contributed by atoms with Gasteiger partial charge in [0.15, 0.2) is 0 Å². The van der Waals surface area contributed by atoms with Gasteiger partial charge in [-0.2, -0.15) is 0 Å². The molecule has 0 spiro atoms. The predicted molar refractivity (Wildman–Crippen MR) is 77.6 cm³/mol. The fourth-order valence-electron chi connectivity index (χ4n) is 1.32. The van der Waals surface area contributed by atoms with Gasteiger partial charge in [-0.1, -0.05) is 11.6 Å². The molecule has 0 aliphatic rings. The number of nitrogens with two attached hydrogens (primary N) is 1. The van der Waals surface area contributed by atoms with E-state index in [1.807, 2.05) is 0 Å². The average Bonchev–Trinajstić information content (AvgIpc) is 2.28. The van der Waals surface area contributed by atoms with Crippen LogP contribution in [0.25, 0.3) is 0 Å². The highest BCUT2D eigenvalue weighted by molar-refractivity contribution is 8.00. The SMILES string of the molecule is COC(=O)c1cc(N)cc(Cl)c1SCCS(C)(=O)=O. The van der Waals surface area contributed by atoms with E-state index in [0.29, 0.717) is 21.4 Å². The van der Waals surface area contributed by atoms with Crippen LogP contribution in [0.4, 0.5) is 5.69 Å². The normalized spacial score (nSPS) is 11.3. The molecule has 0 radical (unpaired) electrons. The summed E-state index contributed by atoms with van der Waals surface area (Å²) in [5, 5.41) is 0.305. The van der Waals surface area contributed by atoms with Gasteiger partial charge in [0.05, 0.1) is 23.4 Å². The van der Waals surface area contributed by atoms with Crippen molar-refractivity contribution in [2.24, 2.45) is 0 Å². The smallest absolute Gasteiger partial charge is 0.339 e. The molecule has 0 aliphatic heterocycles. The van der Waals surface area contributed by atoms with Crippen molar-refractivity contribution in [3.8, 4) is 0 Å². The molecule has 0 unspecified atom stereocenters. The van der Waals surface area contributed by atoms with Gasteiger partial charge in [-0.3, -0.25) is 0 Å². The Hall–Kier alpha value is -0.920. The summed E-state index contributed by atoms with van der Waals surface area (Å²) in [6.45, 7) is 0. The number of hydrogen-bond donors (Lipinski definition) is 1. The second-order valence-electron chi connectivity index (χ2n) is 3.85. The van der Waals surface area contributed by atoms with Crippen LogP contribution < -0.4 is 5.73 Å². The molecular weight excluding hydrogens is 310 g/mol. The third kappa shape index (κ3) is 4.93. The van der Waals surface area contributed by atoms with Gasteiger partial charge in [0.2, 0.25) is 0 Å². The van der Waals surface area contributed by atoms with Crippen LogP contribution in [0.2, 0.25) is 5.02 Å². The zero-order chi connectivity index (χ0) is 14.6. The van der Waals surface area contributed by atoms with Crippen LogP contribution in [-0.4, -0.2) is 39.3 Å². The molecule has 1 aromatic rings. The van der Waals surface area contributed by atoms with Crippen molar-refractivity contribution in [1.29, 1.82) is 0 Å². The standard InChI is InChI=1S/C11H14ClNO4S2/c1-17-11(14)8-5-7(13)6-9(12)10(8)18-3-4-19(2,15)16/h5-6H,3-4,13H2,1-2H3. The van der Waals surface area contributed by atoms with Gasteiger partial charge < -0.3 is 10.5 Å². The lowest BCUT2D eigenvalue weighted by Gasteiger charge is -2.10. The van der Waals surface area contributed by atoms with Crippen molar-refractivity contribution >= 4 is 44.9 Å². The summed E-state index contributed by atoms with van der Waals surface area (Å²) in [6.07, 6.45) is 1.15. The first-order chi connectivity index (χ1) is 8.74. The lowest BCUT2D eigenvalue weighted by Crippen LogP contribution is -2.08. The first-order valence-corrected chi connectivity index (χ1v) is 8.65. The van der Waals surface area contributed by atoms with E-state index in [0.717, 1.165) is 6.26 Å². The molecule has 0 fully saturated rings. The van der Waals surface area contributed by atoms with Crippen LogP contribution >= 0.6 is 23.4 Å². The second-order valence-corrected chi connectivity index (χ2v) is 7.62. The van der Waals surface area contributed by atoms with E-state index >= 15 is 0 Å². The molecule has 0 saturated heterocycles. The minimum atomic E-state index is -3.06. The highest BCUT2D eigenvalue weighted by atomic mass is 35.5. The minimum Gasteiger partial charge on any atom is -0.465 e. The number of ether oxygens (including phenoxy) is 1. The van der Waals surface area contributed by atoms with Gasteiger partial charge in [0, 0.05) is 22.6 Å². The number of thioether (sulfide) groups is 1. The zero-order valence-electron chi connectivity index (χ0n) is 10.5. The van der Waals surface area contributed by atoms with E-state index < -0.39 is 15.8 Å². The maximum atomic E-state index is 11.6. The van der Waals surface area contributed by atoms with Crippen molar-refractivity contribution in [3.63, 3.8) is 0 Å². The number of carbonyl (C=O) groups is 1. The highest BCUT2D eigenvalue weighted by Gasteiger charge is 2.17. The molecule has 1 rings (SSSR count). The van der Waals surface area contributed by atoms with Crippen LogP contribution in [-0.2, 0) is 14.6 Å². The van der Waals surface area contributed by atoms with Gasteiger partial charge >= 0.3 is 5.97 Å². The summed E-state index contributed by atoms with van der Waals surface area (Å²) in [7, 11) is -1.80. The summed E-state index contributed by atoms with van der Waals surface area (Å²) in [5.74, 6) is -0.262. The molecule has 19 heavy (non-hydrogen) atoms. The molecule has 0 heterocycles. The fraction of sp³-hybridized carbons (Fsp3) is 0.364. The Bertz CT molecular complexity index is 587. The second kappa shape index (κ2) is 6.49. The number of rotatable bonds is 5. The summed E-state index contributed by atoms with van der Waals surface area (Å²) in [6, 6.07) is 2.97. The van der Waals surface area contributed by atoms with E-state index in [2.05, 4.69) is 4.74 Å². The number of esters is 1. The fourth-order valence-corrected chi connectivity index (χ4v) is 3.95. The lowest BCUT2D eigenvalue weighted by molar-refractivity contribution is 0.0597. The maximum absolute atomic E-state index is 11.6. The van der Waals surface area contributed by atoms with Crippen LogP contribution in [0.15, 0.2) is 17.0 Å². The molecule has 5 nitrogen and oxygen atoms in total. The number of hydrogen-bond acceptors (Lipinski definition) is 6. The first-order valence-electron chi connectivity index (χ1n) is 5.22. The first kappa shape index (κ1) is 16.1. The average molecular weight is 324 g/mol. The third-order valence-electron chi connectivity index (χ3n) is 2.17. The van der Waals surface area contributed by atoms with Crippen LogP contribution in [0.1, 0.15) is 10.4 Å². The van der Waals surface area contributed by atoms with Crippen molar-refractivity contribution < 1.29 is 17.9 Å². The summed E-state index contributed by atoms with van der Waals surface area (Å²) >= 11 is 7.21. The van der Waals surface area contributed by atoms with Gasteiger partial charge in [-0.05, 0) is 12.1 Å². The molecule has 0 atom stereocenters. The molecule has 0 aliphatic carbocycles. The number of halogens is 1. The van der Waals surface area contributed by atoms with E-state index in [1.54, 1.807) is 0 Å². The Kier molecular flexibility index (Phi) is 5.51. The molecular formula is C11H14ClNO4S2. The molecule has 8 heteroatoms. The molecule has 0 bridgehead atoms. The van der Waals surface area contributed by atoms with Crippen LogP contribution in [0.5, 0.6) is 0 Å². The highest BCUT2D eigenvalue weighted by Crippen LogP contribution is 2.33. The number of carbonyl (C=O) groups excluding carboxylic acids is 1. The van der Waals surface area contributed by atoms with Crippen molar-refractivity contribution in [3.05, 3.63) is 22.7 Å². The van der Waals surface area contributed by atoms with Crippen molar-refractivity contribution in [2.45, 2.75) is 4.90 Å². The molecule has 0 aromatic heterocycles. The number of benzene rings is 1. The number of anilines is 1. The zero-order valence-corrected chi connectivity index (χ0v) is 12.9. The molecule has 1 aromatic carbocycles. The van der Waals surface area contributed by atoms with Crippen LogP contribution in [0, 0.1) is 0 Å². The van der Waals surface area contributed by atoms with Crippen molar-refractivity contribution in [1.82, 2.24) is 0 Å². The van der Waals surface area contributed by atoms with E-state index in [-0.39, 0.29) is 11.3 Å². The quantitative estimate of drug-likeness (QED) is 0.505. The number of sulfone groups is 1. The molecule has 2 N–H and O–H groups in total. The van der Waals surface area contributed by atoms with E-state index in [4.69, 9.17) is 17.3 Å². The maximum Gasteiger partial charge on any atom is 0.339 e. The lowest BCUT2D eigenvalue weighted by atomic mass is 10.2. The van der Waals surface area contributed by atoms with E-state index in [1.165, 1.54) is 31.0 Å². The Morgan fingerprint density at radius 1 is 1.47 bits per heavy atom. The predicted octanol–water partition coefficient (Wildman–Crippen LogP) is 1.85. The Balaban J connectivity index is 3.01. The van der Waals surface area contributed by atoms with E-state index in [9.17, 15) is 13.2 Å². The molecule has 106 valence electrons. The minimum absolute atomic E-state index is 0.00101. The summed E-state index contributed by atoms with van der Waals surface area (Å²) < 4.78 is 26.8. The summed E-state index contributed by atoms with van der Waals surface area (Å²) in [5.41, 5.74) is 6.21. The monoisotopic (exact) mass is 323 g/mol. The Morgan fingerprint density at radius 2 is 2.11 bits per heavy atom. The van der Waals surface area contributed by atoms with Gasteiger partial charge in [-0.25, -0.2) is 13.2 Å².